The number of esters is 1. The number of carbonyl (C=O) groups is 3. The maximum Gasteiger partial charge on any atom is 0.311 e. The van der Waals surface area contributed by atoms with Crippen LogP contribution in [0.5, 0.6) is 11.5 Å². The molecule has 0 bridgehead atoms. The van der Waals surface area contributed by atoms with E-state index in [4.69, 9.17) is 14.2 Å². The van der Waals surface area contributed by atoms with Crippen molar-refractivity contribution in [1.29, 1.82) is 0 Å². The molecule has 0 aliphatic carbocycles. The predicted molar refractivity (Wildman–Crippen MR) is 111 cm³/mol. The Bertz CT molecular complexity index is 958. The average molecular weight is 412 g/mol. The Kier molecular flexibility index (Phi) is 6.56. The molecule has 1 atom stereocenters. The second-order valence-corrected chi connectivity index (χ2v) is 6.94. The Morgan fingerprint density at radius 3 is 2.57 bits per heavy atom. The highest BCUT2D eigenvalue weighted by atomic mass is 16.5. The molecule has 3 rings (SSSR count). The minimum atomic E-state index is -0.651. The Balaban J connectivity index is 1.58. The summed E-state index contributed by atoms with van der Waals surface area (Å²) in [6, 6.07) is 12.4. The van der Waals surface area contributed by atoms with Crippen molar-refractivity contribution in [3.05, 3.63) is 48.0 Å². The summed E-state index contributed by atoms with van der Waals surface area (Å²) in [5.41, 5.74) is 2.07. The van der Waals surface area contributed by atoms with E-state index in [0.717, 1.165) is 5.56 Å². The normalized spacial score (nSPS) is 15.6. The molecule has 1 heterocycles. The van der Waals surface area contributed by atoms with E-state index in [2.05, 4.69) is 5.32 Å². The van der Waals surface area contributed by atoms with E-state index in [1.165, 1.54) is 19.1 Å². The van der Waals surface area contributed by atoms with Gasteiger partial charge in [0.25, 0.3) is 5.91 Å². The highest BCUT2D eigenvalue weighted by Gasteiger charge is 2.37. The second-order valence-electron chi connectivity index (χ2n) is 6.94. The van der Waals surface area contributed by atoms with E-state index in [9.17, 15) is 14.4 Å². The van der Waals surface area contributed by atoms with Gasteiger partial charge in [-0.05, 0) is 36.8 Å². The summed E-state index contributed by atoms with van der Waals surface area (Å²) in [5, 5.41) is 2.64. The number of carbonyl (C=O) groups excluding carboxylic acids is 3. The molecule has 1 N–H and O–H groups in total. The van der Waals surface area contributed by atoms with E-state index in [-0.39, 0.29) is 18.9 Å². The molecule has 0 spiro atoms. The van der Waals surface area contributed by atoms with Crippen LogP contribution >= 0.6 is 0 Å². The first-order valence-electron chi connectivity index (χ1n) is 9.47. The van der Waals surface area contributed by atoms with Crippen LogP contribution in [0.4, 0.5) is 11.4 Å². The number of aryl methyl sites for hydroxylation is 1. The molecule has 0 radical (unpaired) electrons. The number of hydrogen-bond donors (Lipinski definition) is 1. The number of hydrogen-bond acceptors (Lipinski definition) is 6. The first-order chi connectivity index (χ1) is 14.4. The van der Waals surface area contributed by atoms with Gasteiger partial charge in [0.15, 0.2) is 6.61 Å². The van der Waals surface area contributed by atoms with Crippen molar-refractivity contribution in [3.63, 3.8) is 0 Å². The molecule has 0 saturated carbocycles. The number of nitrogens with zero attached hydrogens (tertiary/aromatic N) is 1. The predicted octanol–water partition coefficient (Wildman–Crippen LogP) is 2.55. The van der Waals surface area contributed by atoms with Crippen LogP contribution in [-0.2, 0) is 19.1 Å². The molecular formula is C22H24N2O6. The van der Waals surface area contributed by atoms with Crippen LogP contribution in [0, 0.1) is 12.8 Å². The maximum absolute atomic E-state index is 12.5. The van der Waals surface area contributed by atoms with Crippen molar-refractivity contribution in [3.8, 4) is 11.5 Å². The van der Waals surface area contributed by atoms with Gasteiger partial charge in [-0.1, -0.05) is 18.2 Å². The summed E-state index contributed by atoms with van der Waals surface area (Å²) >= 11 is 0. The largest absolute Gasteiger partial charge is 0.495 e. The Morgan fingerprint density at radius 1 is 1.10 bits per heavy atom. The third-order valence-electron chi connectivity index (χ3n) is 4.81. The minimum absolute atomic E-state index is 0.0179. The number of nitrogens with one attached hydrogen (secondary N) is 1. The zero-order valence-electron chi connectivity index (χ0n) is 17.1. The summed E-state index contributed by atoms with van der Waals surface area (Å²) in [7, 11) is 3.03. The zero-order chi connectivity index (χ0) is 21.7. The fourth-order valence-corrected chi connectivity index (χ4v) is 3.30. The SMILES string of the molecule is COc1ccccc1NC(=O)COC(=O)[C@H]1CC(=O)N(c2cc(C)ccc2OC)C1. The standard InChI is InChI=1S/C22H24N2O6/c1-14-8-9-19(29-3)17(10-14)24-12-15(11-21(24)26)22(27)30-13-20(25)23-16-6-4-5-7-18(16)28-2/h4-10,15H,11-13H2,1-3H3,(H,23,25)/t15-/m0/s1. The molecule has 1 fully saturated rings. The van der Waals surface area contributed by atoms with Gasteiger partial charge in [0.05, 0.1) is 31.5 Å². The van der Waals surface area contributed by atoms with Crippen molar-refractivity contribution in [2.45, 2.75) is 13.3 Å². The molecule has 1 aliphatic heterocycles. The van der Waals surface area contributed by atoms with Crippen molar-refractivity contribution in [2.24, 2.45) is 5.92 Å². The number of benzene rings is 2. The fourth-order valence-electron chi connectivity index (χ4n) is 3.30. The summed E-state index contributed by atoms with van der Waals surface area (Å²) in [6.45, 7) is 1.64. The molecule has 2 aromatic carbocycles. The number of anilines is 2. The quantitative estimate of drug-likeness (QED) is 0.703. The molecule has 8 heteroatoms. The van der Waals surface area contributed by atoms with Crippen molar-refractivity contribution in [1.82, 2.24) is 0 Å². The van der Waals surface area contributed by atoms with E-state index in [0.29, 0.717) is 22.9 Å². The lowest BCUT2D eigenvalue weighted by molar-refractivity contribution is -0.151. The summed E-state index contributed by atoms with van der Waals surface area (Å²) < 4.78 is 15.7. The van der Waals surface area contributed by atoms with Gasteiger partial charge in [0, 0.05) is 13.0 Å². The summed E-state index contributed by atoms with van der Waals surface area (Å²) in [5.74, 6) is -0.872. The molecule has 0 unspecified atom stereocenters. The molecule has 8 nitrogen and oxygen atoms in total. The van der Waals surface area contributed by atoms with Crippen molar-refractivity contribution in [2.75, 3.05) is 37.6 Å². The van der Waals surface area contributed by atoms with Crippen LogP contribution in [-0.4, -0.2) is 45.2 Å². The third-order valence-corrected chi connectivity index (χ3v) is 4.81. The molecular weight excluding hydrogens is 388 g/mol. The number of para-hydroxylation sites is 2. The fraction of sp³-hybridized carbons (Fsp3) is 0.318. The van der Waals surface area contributed by atoms with E-state index in [1.807, 2.05) is 19.1 Å². The topological polar surface area (TPSA) is 94.2 Å². The van der Waals surface area contributed by atoms with E-state index in [1.54, 1.807) is 30.3 Å². The van der Waals surface area contributed by atoms with Gasteiger partial charge in [0.1, 0.15) is 11.5 Å². The number of ether oxygens (including phenoxy) is 3. The van der Waals surface area contributed by atoms with Gasteiger partial charge >= 0.3 is 5.97 Å². The van der Waals surface area contributed by atoms with Gasteiger partial charge in [-0.15, -0.1) is 0 Å². The van der Waals surface area contributed by atoms with Gasteiger partial charge in [-0.25, -0.2) is 0 Å². The number of amides is 2. The van der Waals surface area contributed by atoms with Gasteiger partial charge < -0.3 is 24.4 Å². The van der Waals surface area contributed by atoms with Crippen LogP contribution in [0.25, 0.3) is 0 Å². The summed E-state index contributed by atoms with van der Waals surface area (Å²) in [4.78, 5) is 38.6. The lowest BCUT2D eigenvalue weighted by Crippen LogP contribution is -2.28. The van der Waals surface area contributed by atoms with Crippen molar-refractivity contribution >= 4 is 29.2 Å². The van der Waals surface area contributed by atoms with E-state index >= 15 is 0 Å². The number of rotatable bonds is 7. The first-order valence-corrected chi connectivity index (χ1v) is 9.47. The first kappa shape index (κ1) is 21.2. The Labute approximate surface area is 174 Å². The molecule has 158 valence electrons. The Hall–Kier alpha value is -3.55. The van der Waals surface area contributed by atoms with Crippen LogP contribution in [0.1, 0.15) is 12.0 Å². The van der Waals surface area contributed by atoms with Crippen LogP contribution in [0.2, 0.25) is 0 Å². The van der Waals surface area contributed by atoms with Crippen molar-refractivity contribution < 1.29 is 28.6 Å². The highest BCUT2D eigenvalue weighted by molar-refractivity contribution is 6.01. The minimum Gasteiger partial charge on any atom is -0.495 e. The monoisotopic (exact) mass is 412 g/mol. The lowest BCUT2D eigenvalue weighted by Gasteiger charge is -2.20. The van der Waals surface area contributed by atoms with Gasteiger partial charge in [0.2, 0.25) is 5.91 Å². The highest BCUT2D eigenvalue weighted by Crippen LogP contribution is 2.34. The molecule has 2 aromatic rings. The molecule has 2 amide bonds. The molecule has 1 saturated heterocycles. The summed E-state index contributed by atoms with van der Waals surface area (Å²) in [6.07, 6.45) is 0.0179. The zero-order valence-corrected chi connectivity index (χ0v) is 17.1. The molecule has 30 heavy (non-hydrogen) atoms. The van der Waals surface area contributed by atoms with Gasteiger partial charge in [-0.2, -0.15) is 0 Å². The third kappa shape index (κ3) is 4.71. The van der Waals surface area contributed by atoms with E-state index < -0.39 is 24.4 Å². The average Bonchev–Trinajstić information content (AvgIpc) is 3.14. The van der Waals surface area contributed by atoms with Crippen LogP contribution in [0.3, 0.4) is 0 Å². The maximum atomic E-state index is 12.5. The molecule has 0 aromatic heterocycles. The Morgan fingerprint density at radius 2 is 1.83 bits per heavy atom. The second kappa shape index (κ2) is 9.30. The van der Waals surface area contributed by atoms with Gasteiger partial charge in [-0.3, -0.25) is 14.4 Å². The lowest BCUT2D eigenvalue weighted by atomic mass is 10.1. The smallest absolute Gasteiger partial charge is 0.311 e. The number of methoxy groups -OCH3 is 2. The van der Waals surface area contributed by atoms with Crippen LogP contribution < -0.4 is 19.7 Å². The molecule has 1 aliphatic rings. The van der Waals surface area contributed by atoms with Crippen LogP contribution in [0.15, 0.2) is 42.5 Å².